The fourth-order valence-corrected chi connectivity index (χ4v) is 0.466. The molecule has 4 heteroatoms. The summed E-state index contributed by atoms with van der Waals surface area (Å²) in [4.78, 5) is 3.49. The molecule has 0 atom stereocenters. The number of rotatable bonds is 2. The zero-order chi connectivity index (χ0) is 7.40. The lowest BCUT2D eigenvalue weighted by Crippen LogP contribution is -2.02. The highest BCUT2D eigenvalue weighted by atomic mass is 19.3. The molecule has 0 amide bonds. The van der Waals surface area contributed by atoms with E-state index in [1.165, 1.54) is 18.3 Å². The summed E-state index contributed by atoms with van der Waals surface area (Å²) in [5, 5.41) is 0. The number of halogens is 2. The lowest BCUT2D eigenvalue weighted by molar-refractivity contribution is -0.0528. The summed E-state index contributed by atoms with van der Waals surface area (Å²) in [6, 6.07) is 5.29. The first-order valence-corrected chi connectivity index (χ1v) is 2.56. The molecule has 0 saturated heterocycles. The van der Waals surface area contributed by atoms with Crippen molar-refractivity contribution < 1.29 is 13.5 Å². The maximum Gasteiger partial charge on any atom is 0.388 e. The Labute approximate surface area is 56.5 Å². The first-order valence-electron chi connectivity index (χ1n) is 2.56. The van der Waals surface area contributed by atoms with Crippen molar-refractivity contribution in [3.8, 4) is 5.88 Å². The van der Waals surface area contributed by atoms with Gasteiger partial charge in [-0.05, 0) is 12.1 Å². The molecule has 2 nitrogen and oxygen atoms in total. The molecule has 1 rings (SSSR count). The van der Waals surface area contributed by atoms with Crippen molar-refractivity contribution in [2.24, 2.45) is 0 Å². The standard InChI is InChI=1S/C6H4F2NO/c7-6(8)10-5-3-1-2-4-9-5/h2-4,6H. The summed E-state index contributed by atoms with van der Waals surface area (Å²) in [6.45, 7) is -2.82. The fraction of sp³-hybridized carbons (Fsp3) is 0.167. The number of nitrogens with zero attached hydrogens (tertiary/aromatic N) is 1. The van der Waals surface area contributed by atoms with Crippen LogP contribution < -0.4 is 4.74 Å². The Bertz CT molecular complexity index is 190. The number of ether oxygens (including phenoxy) is 1. The summed E-state index contributed by atoms with van der Waals surface area (Å²) < 4.78 is 26.8. The smallest absolute Gasteiger partial charge is 0.388 e. The van der Waals surface area contributed by atoms with Gasteiger partial charge in [-0.2, -0.15) is 8.78 Å². The van der Waals surface area contributed by atoms with Gasteiger partial charge in [0.25, 0.3) is 0 Å². The van der Waals surface area contributed by atoms with Gasteiger partial charge >= 0.3 is 6.61 Å². The highest BCUT2D eigenvalue weighted by molar-refractivity contribution is 5.07. The summed E-state index contributed by atoms with van der Waals surface area (Å²) in [5.41, 5.74) is 0. The Morgan fingerprint density at radius 2 is 2.40 bits per heavy atom. The molecule has 0 aliphatic rings. The van der Waals surface area contributed by atoms with Crippen molar-refractivity contribution >= 4 is 0 Å². The van der Waals surface area contributed by atoms with Crippen LogP contribution in [-0.4, -0.2) is 11.6 Å². The van der Waals surface area contributed by atoms with Gasteiger partial charge in [0.2, 0.25) is 5.88 Å². The van der Waals surface area contributed by atoms with Crippen molar-refractivity contribution in [2.45, 2.75) is 6.61 Å². The van der Waals surface area contributed by atoms with Crippen molar-refractivity contribution in [2.75, 3.05) is 0 Å². The maximum atomic E-state index is 11.4. The van der Waals surface area contributed by atoms with Crippen LogP contribution in [0.4, 0.5) is 8.78 Å². The molecule has 1 aromatic heterocycles. The van der Waals surface area contributed by atoms with Crippen LogP contribution in [0.25, 0.3) is 0 Å². The molecule has 0 spiro atoms. The van der Waals surface area contributed by atoms with Crippen molar-refractivity contribution in [1.82, 2.24) is 4.98 Å². The number of hydrogen-bond donors (Lipinski definition) is 0. The van der Waals surface area contributed by atoms with E-state index in [2.05, 4.69) is 15.8 Å². The highest BCUT2D eigenvalue weighted by Crippen LogP contribution is 2.06. The lowest BCUT2D eigenvalue weighted by Gasteiger charge is -1.99. The molecule has 53 valence electrons. The van der Waals surface area contributed by atoms with Gasteiger partial charge in [0.15, 0.2) is 0 Å². The molecule has 0 aromatic carbocycles. The van der Waals surface area contributed by atoms with E-state index in [-0.39, 0.29) is 5.88 Å². The Morgan fingerprint density at radius 1 is 1.60 bits per heavy atom. The van der Waals surface area contributed by atoms with Gasteiger partial charge in [-0.15, -0.1) is 0 Å². The third-order valence-corrected chi connectivity index (χ3v) is 0.789. The Hall–Kier alpha value is -1.19. The molecule has 1 radical (unpaired) electrons. The third-order valence-electron chi connectivity index (χ3n) is 0.789. The molecule has 0 N–H and O–H groups in total. The van der Waals surface area contributed by atoms with Crippen LogP contribution in [0.3, 0.4) is 0 Å². The molecule has 1 aromatic rings. The summed E-state index contributed by atoms with van der Waals surface area (Å²) in [6.07, 6.45) is 1.33. The van der Waals surface area contributed by atoms with E-state index in [1.54, 1.807) is 0 Å². The van der Waals surface area contributed by atoms with Crippen molar-refractivity contribution in [1.29, 1.82) is 0 Å². The normalized spacial score (nSPS) is 9.90. The molecule has 0 saturated carbocycles. The van der Waals surface area contributed by atoms with Crippen molar-refractivity contribution in [3.05, 3.63) is 24.4 Å². The average molecular weight is 144 g/mol. The first-order chi connectivity index (χ1) is 4.79. The lowest BCUT2D eigenvalue weighted by atomic mass is 10.5. The maximum absolute atomic E-state index is 11.4. The molecule has 10 heavy (non-hydrogen) atoms. The fourth-order valence-electron chi connectivity index (χ4n) is 0.466. The van der Waals surface area contributed by atoms with Gasteiger partial charge in [0.1, 0.15) is 0 Å². The van der Waals surface area contributed by atoms with E-state index in [4.69, 9.17) is 0 Å². The average Bonchev–Trinajstić information content (AvgIpc) is 1.88. The zero-order valence-electron chi connectivity index (χ0n) is 4.92. The van der Waals surface area contributed by atoms with Crippen LogP contribution in [0, 0.1) is 6.07 Å². The van der Waals surface area contributed by atoms with E-state index < -0.39 is 6.61 Å². The molecule has 0 aliphatic heterocycles. The van der Waals surface area contributed by atoms with Gasteiger partial charge < -0.3 is 4.74 Å². The Kier molecular flexibility index (Phi) is 2.15. The van der Waals surface area contributed by atoms with Crippen LogP contribution in [0.1, 0.15) is 0 Å². The monoisotopic (exact) mass is 144 g/mol. The van der Waals surface area contributed by atoms with E-state index in [0.29, 0.717) is 0 Å². The van der Waals surface area contributed by atoms with Gasteiger partial charge in [-0.3, -0.25) is 0 Å². The predicted molar refractivity (Wildman–Crippen MR) is 29.7 cm³/mol. The summed E-state index contributed by atoms with van der Waals surface area (Å²) in [7, 11) is 0. The van der Waals surface area contributed by atoms with Crippen LogP contribution in [0.2, 0.25) is 0 Å². The molecule has 0 fully saturated rings. The molecular formula is C6H4F2NO. The predicted octanol–water partition coefficient (Wildman–Crippen LogP) is 1.48. The van der Waals surface area contributed by atoms with Crippen LogP contribution in [0.15, 0.2) is 18.3 Å². The van der Waals surface area contributed by atoms with Gasteiger partial charge in [-0.1, -0.05) is 0 Å². The molecule has 0 unspecified atom stereocenters. The summed E-state index contributed by atoms with van der Waals surface area (Å²) in [5.74, 6) is -0.113. The number of alkyl halides is 2. The van der Waals surface area contributed by atoms with E-state index in [1.807, 2.05) is 0 Å². The quantitative estimate of drug-likeness (QED) is 0.627. The third kappa shape index (κ3) is 1.97. The zero-order valence-corrected chi connectivity index (χ0v) is 4.92. The second kappa shape index (κ2) is 3.10. The molecule has 0 aliphatic carbocycles. The van der Waals surface area contributed by atoms with Gasteiger partial charge in [0.05, 0.1) is 0 Å². The van der Waals surface area contributed by atoms with Crippen LogP contribution >= 0.6 is 0 Å². The highest BCUT2D eigenvalue weighted by Gasteiger charge is 2.02. The minimum atomic E-state index is -2.82. The molecule has 1 heterocycles. The Balaban J connectivity index is 2.59. The minimum Gasteiger partial charge on any atom is -0.417 e. The van der Waals surface area contributed by atoms with Crippen LogP contribution in [-0.2, 0) is 0 Å². The number of pyridine rings is 1. The number of hydrogen-bond acceptors (Lipinski definition) is 2. The largest absolute Gasteiger partial charge is 0.417 e. The first kappa shape index (κ1) is 6.92. The molecular weight excluding hydrogens is 140 g/mol. The Morgan fingerprint density at radius 3 is 2.90 bits per heavy atom. The molecule has 0 bridgehead atoms. The van der Waals surface area contributed by atoms with Gasteiger partial charge in [0, 0.05) is 12.3 Å². The van der Waals surface area contributed by atoms with Gasteiger partial charge in [-0.25, -0.2) is 4.98 Å². The number of aromatic nitrogens is 1. The van der Waals surface area contributed by atoms with E-state index >= 15 is 0 Å². The summed E-state index contributed by atoms with van der Waals surface area (Å²) >= 11 is 0. The van der Waals surface area contributed by atoms with E-state index in [0.717, 1.165) is 0 Å². The SMILES string of the molecule is FC(F)Oc1c[c]ccn1. The second-order valence-corrected chi connectivity index (χ2v) is 1.47. The van der Waals surface area contributed by atoms with E-state index in [9.17, 15) is 8.78 Å². The minimum absolute atomic E-state index is 0.113. The topological polar surface area (TPSA) is 22.1 Å². The van der Waals surface area contributed by atoms with Crippen LogP contribution in [0.5, 0.6) is 5.88 Å². The second-order valence-electron chi connectivity index (χ2n) is 1.47. The van der Waals surface area contributed by atoms with Crippen molar-refractivity contribution in [3.63, 3.8) is 0 Å².